The number of pyridine rings is 1. The molecular formula is C17H15ClF3N3O2. The van der Waals surface area contributed by atoms with Crippen LogP contribution in [0.15, 0.2) is 42.6 Å². The third kappa shape index (κ3) is 5.19. The van der Waals surface area contributed by atoms with E-state index in [1.807, 2.05) is 0 Å². The predicted octanol–water partition coefficient (Wildman–Crippen LogP) is 3.42. The van der Waals surface area contributed by atoms with E-state index >= 15 is 0 Å². The lowest BCUT2D eigenvalue weighted by molar-refractivity contribution is -0.137. The lowest BCUT2D eigenvalue weighted by atomic mass is 10.1. The van der Waals surface area contributed by atoms with E-state index in [-0.39, 0.29) is 12.2 Å². The smallest absolute Gasteiger partial charge is 0.349 e. The molecule has 2 rings (SSSR count). The first kappa shape index (κ1) is 19.7. The van der Waals surface area contributed by atoms with E-state index < -0.39 is 35.1 Å². The molecule has 0 unspecified atom stereocenters. The summed E-state index contributed by atoms with van der Waals surface area (Å²) in [4.78, 5) is 28.9. The van der Waals surface area contributed by atoms with E-state index in [9.17, 15) is 22.8 Å². The van der Waals surface area contributed by atoms with Crippen molar-refractivity contribution in [2.45, 2.75) is 19.6 Å². The van der Waals surface area contributed by atoms with Gasteiger partial charge in [-0.05, 0) is 30.3 Å². The highest BCUT2D eigenvalue weighted by Crippen LogP contribution is 2.36. The quantitative estimate of drug-likeness (QED) is 0.857. The molecule has 1 aromatic heterocycles. The van der Waals surface area contributed by atoms with Gasteiger partial charge in [0.25, 0.3) is 0 Å². The van der Waals surface area contributed by atoms with Crippen LogP contribution >= 0.6 is 11.6 Å². The summed E-state index contributed by atoms with van der Waals surface area (Å²) < 4.78 is 39.0. The summed E-state index contributed by atoms with van der Waals surface area (Å²) >= 11 is 5.58. The number of rotatable bonds is 5. The van der Waals surface area contributed by atoms with Gasteiger partial charge in [-0.3, -0.25) is 14.6 Å². The van der Waals surface area contributed by atoms with E-state index in [1.165, 1.54) is 6.07 Å². The summed E-state index contributed by atoms with van der Waals surface area (Å²) in [6, 6.07) is 8.23. The third-order valence-electron chi connectivity index (χ3n) is 3.44. The van der Waals surface area contributed by atoms with Crippen LogP contribution in [0.2, 0.25) is 5.02 Å². The molecule has 0 atom stereocenters. The summed E-state index contributed by atoms with van der Waals surface area (Å²) in [5.74, 6) is -1.11. The molecule has 9 heteroatoms. The number of benzene rings is 1. The van der Waals surface area contributed by atoms with Crippen LogP contribution in [-0.4, -0.2) is 23.3 Å². The van der Waals surface area contributed by atoms with Crippen LogP contribution in [0.25, 0.3) is 0 Å². The summed E-state index contributed by atoms with van der Waals surface area (Å²) in [5, 5.41) is 2.08. The molecule has 0 radical (unpaired) electrons. The zero-order valence-electron chi connectivity index (χ0n) is 13.7. The number of amides is 2. The lowest BCUT2D eigenvalue weighted by Gasteiger charge is -2.22. The predicted molar refractivity (Wildman–Crippen MR) is 90.6 cm³/mol. The van der Waals surface area contributed by atoms with Crippen LogP contribution in [-0.2, 0) is 22.3 Å². The van der Waals surface area contributed by atoms with Crippen molar-refractivity contribution in [3.8, 4) is 0 Å². The highest BCUT2D eigenvalue weighted by atomic mass is 35.5. The summed E-state index contributed by atoms with van der Waals surface area (Å²) in [7, 11) is 0. The van der Waals surface area contributed by atoms with Gasteiger partial charge in [0, 0.05) is 18.8 Å². The molecule has 138 valence electrons. The van der Waals surface area contributed by atoms with E-state index in [0.29, 0.717) is 5.69 Å². The van der Waals surface area contributed by atoms with Crippen LogP contribution in [0.3, 0.4) is 0 Å². The molecule has 5 nitrogen and oxygen atoms in total. The zero-order chi connectivity index (χ0) is 19.3. The van der Waals surface area contributed by atoms with Gasteiger partial charge in [0.05, 0.1) is 22.8 Å². The maximum absolute atomic E-state index is 13.0. The van der Waals surface area contributed by atoms with Crippen LogP contribution in [0.4, 0.5) is 18.9 Å². The van der Waals surface area contributed by atoms with Gasteiger partial charge in [-0.25, -0.2) is 0 Å². The van der Waals surface area contributed by atoms with E-state index in [0.717, 1.165) is 24.0 Å². The first-order valence-corrected chi connectivity index (χ1v) is 7.87. The summed E-state index contributed by atoms with van der Waals surface area (Å²) in [6.45, 7) is 0.870. The molecule has 0 saturated heterocycles. The molecule has 2 aromatic rings. The fourth-order valence-corrected chi connectivity index (χ4v) is 2.40. The minimum Gasteiger partial charge on any atom is -0.349 e. The van der Waals surface area contributed by atoms with Gasteiger partial charge < -0.3 is 10.2 Å². The largest absolute Gasteiger partial charge is 0.417 e. The monoisotopic (exact) mass is 385 g/mol. The maximum Gasteiger partial charge on any atom is 0.417 e. The second-order valence-corrected chi connectivity index (χ2v) is 5.77. The molecule has 0 fully saturated rings. The van der Waals surface area contributed by atoms with Crippen molar-refractivity contribution in [3.05, 3.63) is 58.9 Å². The van der Waals surface area contributed by atoms with Crippen LogP contribution in [0.1, 0.15) is 18.2 Å². The van der Waals surface area contributed by atoms with Crippen LogP contribution in [0, 0.1) is 0 Å². The Balaban J connectivity index is 2.14. The fourth-order valence-electron chi connectivity index (χ4n) is 2.17. The Morgan fingerprint density at radius 1 is 1.23 bits per heavy atom. The Morgan fingerprint density at radius 2 is 1.96 bits per heavy atom. The minimum atomic E-state index is -4.67. The van der Waals surface area contributed by atoms with E-state index in [2.05, 4.69) is 10.3 Å². The SMILES string of the molecule is CC(=O)N(CC(=O)NCc1ccccn1)c1ccc(Cl)c(C(F)(F)F)c1. The molecule has 2 amide bonds. The van der Waals surface area contributed by atoms with Crippen LogP contribution in [0.5, 0.6) is 0 Å². The molecular weight excluding hydrogens is 371 g/mol. The van der Waals surface area contributed by atoms with Crippen LogP contribution < -0.4 is 10.2 Å². The van der Waals surface area contributed by atoms with Gasteiger partial charge in [0.2, 0.25) is 11.8 Å². The Labute approximate surface area is 152 Å². The summed E-state index contributed by atoms with van der Waals surface area (Å²) in [5.41, 5.74) is -0.528. The molecule has 0 aliphatic carbocycles. The minimum absolute atomic E-state index is 0.0674. The third-order valence-corrected chi connectivity index (χ3v) is 3.77. The van der Waals surface area contributed by atoms with Crippen molar-refractivity contribution in [2.24, 2.45) is 0 Å². The Morgan fingerprint density at radius 3 is 2.54 bits per heavy atom. The highest BCUT2D eigenvalue weighted by Gasteiger charge is 2.34. The number of alkyl halides is 3. The lowest BCUT2D eigenvalue weighted by Crippen LogP contribution is -2.39. The zero-order valence-corrected chi connectivity index (χ0v) is 14.4. The first-order chi connectivity index (χ1) is 12.2. The molecule has 0 aliphatic heterocycles. The molecule has 1 N–H and O–H groups in total. The molecule has 0 aliphatic rings. The molecule has 26 heavy (non-hydrogen) atoms. The van der Waals surface area contributed by atoms with Crippen molar-refractivity contribution in [3.63, 3.8) is 0 Å². The van der Waals surface area contributed by atoms with Crippen molar-refractivity contribution in [2.75, 3.05) is 11.4 Å². The number of nitrogens with one attached hydrogen (secondary N) is 1. The normalized spacial score (nSPS) is 11.1. The van der Waals surface area contributed by atoms with Gasteiger partial charge in [-0.2, -0.15) is 13.2 Å². The Hall–Kier alpha value is -2.61. The fraction of sp³-hybridized carbons (Fsp3) is 0.235. The van der Waals surface area contributed by atoms with E-state index in [1.54, 1.807) is 24.4 Å². The van der Waals surface area contributed by atoms with E-state index in [4.69, 9.17) is 11.6 Å². The van der Waals surface area contributed by atoms with Gasteiger partial charge in [0.15, 0.2) is 0 Å². The molecule has 1 heterocycles. The Kier molecular flexibility index (Phi) is 6.20. The number of aromatic nitrogens is 1. The molecule has 0 saturated carbocycles. The number of halogens is 4. The maximum atomic E-state index is 13.0. The van der Waals surface area contributed by atoms with Crippen molar-refractivity contribution < 1.29 is 22.8 Å². The molecule has 0 spiro atoms. The number of hydrogen-bond donors (Lipinski definition) is 1. The van der Waals surface area contributed by atoms with Gasteiger partial charge >= 0.3 is 6.18 Å². The number of carbonyl (C=O) groups is 2. The van der Waals surface area contributed by atoms with Crippen molar-refractivity contribution >= 4 is 29.1 Å². The average Bonchev–Trinajstić information content (AvgIpc) is 2.58. The Bertz CT molecular complexity index is 798. The second-order valence-electron chi connectivity index (χ2n) is 5.36. The number of anilines is 1. The number of carbonyl (C=O) groups excluding carboxylic acids is 2. The number of nitrogens with zero attached hydrogens (tertiary/aromatic N) is 2. The number of hydrogen-bond acceptors (Lipinski definition) is 3. The van der Waals surface area contributed by atoms with Crippen molar-refractivity contribution in [1.82, 2.24) is 10.3 Å². The van der Waals surface area contributed by atoms with Gasteiger partial charge in [-0.15, -0.1) is 0 Å². The van der Waals surface area contributed by atoms with Crippen molar-refractivity contribution in [1.29, 1.82) is 0 Å². The molecule has 0 bridgehead atoms. The van der Waals surface area contributed by atoms with Gasteiger partial charge in [0.1, 0.15) is 6.54 Å². The summed E-state index contributed by atoms with van der Waals surface area (Å²) in [6.07, 6.45) is -3.10. The highest BCUT2D eigenvalue weighted by molar-refractivity contribution is 6.31. The second kappa shape index (κ2) is 8.18. The average molecular weight is 386 g/mol. The van der Waals surface area contributed by atoms with Gasteiger partial charge in [-0.1, -0.05) is 17.7 Å². The first-order valence-electron chi connectivity index (χ1n) is 7.50. The topological polar surface area (TPSA) is 62.3 Å². The standard InChI is InChI=1S/C17H15ClF3N3O2/c1-11(25)24(10-16(26)23-9-12-4-2-3-7-22-12)13-5-6-15(18)14(8-13)17(19,20)21/h2-8H,9-10H2,1H3,(H,23,26). The molecule has 1 aromatic carbocycles.